The predicted octanol–water partition coefficient (Wildman–Crippen LogP) is 4.02. The van der Waals surface area contributed by atoms with Gasteiger partial charge in [-0.3, -0.25) is 13.9 Å². The molecule has 0 bridgehead atoms. The summed E-state index contributed by atoms with van der Waals surface area (Å²) in [7, 11) is -3.74. The minimum Gasteiger partial charge on any atom is -0.462 e. The zero-order valence-corrected chi connectivity index (χ0v) is 22.2. The number of carbonyl (C=O) groups is 1. The maximum Gasteiger partial charge on any atom is 0.293 e. The van der Waals surface area contributed by atoms with Crippen molar-refractivity contribution in [2.24, 2.45) is 0 Å². The first-order chi connectivity index (χ1) is 16.4. The minimum atomic E-state index is -3.74. The summed E-state index contributed by atoms with van der Waals surface area (Å²) in [4.78, 5) is 16.5. The molecule has 1 aromatic carbocycles. The Balaban J connectivity index is 0.000000540. The number of alkyl halides is 1. The maximum atomic E-state index is 12.8. The first kappa shape index (κ1) is 28.5. The Kier molecular flexibility index (Phi) is 10.0. The molecule has 1 aromatic heterocycles. The lowest BCUT2D eigenvalue weighted by Crippen LogP contribution is -2.49. The van der Waals surface area contributed by atoms with E-state index < -0.39 is 16.7 Å². The Morgan fingerprint density at radius 2 is 1.91 bits per heavy atom. The van der Waals surface area contributed by atoms with Gasteiger partial charge in [0.15, 0.2) is 0 Å². The second-order valence-corrected chi connectivity index (χ2v) is 11.3. The van der Waals surface area contributed by atoms with E-state index in [2.05, 4.69) is 31.6 Å². The van der Waals surface area contributed by atoms with Crippen LogP contribution in [0.25, 0.3) is 0 Å². The second-order valence-electron chi connectivity index (χ2n) is 9.66. The number of benzene rings is 1. The molecule has 35 heavy (non-hydrogen) atoms. The van der Waals surface area contributed by atoms with Crippen molar-refractivity contribution >= 4 is 28.0 Å². The third kappa shape index (κ3) is 8.78. The van der Waals surface area contributed by atoms with Gasteiger partial charge in [0.05, 0.1) is 23.0 Å². The van der Waals surface area contributed by atoms with Crippen molar-refractivity contribution in [3.8, 4) is 0 Å². The van der Waals surface area contributed by atoms with Gasteiger partial charge in [-0.05, 0) is 64.4 Å². The van der Waals surface area contributed by atoms with Gasteiger partial charge in [0, 0.05) is 31.6 Å². The van der Waals surface area contributed by atoms with Gasteiger partial charge in [-0.1, -0.05) is 19.1 Å². The highest BCUT2D eigenvalue weighted by Crippen LogP contribution is 2.24. The Bertz CT molecular complexity index is 1070. The quantitative estimate of drug-likeness (QED) is 0.545. The van der Waals surface area contributed by atoms with Gasteiger partial charge in [0.2, 0.25) is 0 Å². The molecule has 0 spiro atoms. The van der Waals surface area contributed by atoms with Crippen LogP contribution in [0, 0.1) is 6.92 Å². The zero-order valence-electron chi connectivity index (χ0n) is 21.3. The van der Waals surface area contributed by atoms with Gasteiger partial charge >= 0.3 is 0 Å². The molecule has 0 saturated carbocycles. The van der Waals surface area contributed by atoms with Crippen LogP contribution in [0.15, 0.2) is 41.3 Å². The number of nitrogens with zero attached hydrogens (tertiary/aromatic N) is 2. The highest BCUT2D eigenvalue weighted by molar-refractivity contribution is 7.92. The van der Waals surface area contributed by atoms with E-state index in [1.807, 2.05) is 26.8 Å². The van der Waals surface area contributed by atoms with Crippen LogP contribution in [0.3, 0.4) is 0 Å². The summed E-state index contributed by atoms with van der Waals surface area (Å²) in [5, 5.41) is 3.39. The fourth-order valence-electron chi connectivity index (χ4n) is 3.38. The molecule has 2 N–H and O–H groups in total. The van der Waals surface area contributed by atoms with E-state index in [9.17, 15) is 17.6 Å². The SMILES string of the molecule is CC(C)(C)OC=O.Cc1nc(N2CCNC(C)C2)ccc1NS(=O)(=O)c1ccc([C@H](C)CF)cc1. The zero-order chi connectivity index (χ0) is 26.2. The van der Waals surface area contributed by atoms with E-state index in [0.29, 0.717) is 23.9 Å². The normalized spacial score (nSPS) is 17.1. The number of anilines is 2. The molecule has 1 aliphatic heterocycles. The Hall–Kier alpha value is -2.72. The number of ether oxygens (including phenoxy) is 1. The summed E-state index contributed by atoms with van der Waals surface area (Å²) in [5.74, 6) is 0.592. The van der Waals surface area contributed by atoms with E-state index in [1.165, 1.54) is 12.1 Å². The largest absolute Gasteiger partial charge is 0.462 e. The molecular weight excluding hydrogens is 471 g/mol. The monoisotopic (exact) mass is 508 g/mol. The molecule has 2 aromatic rings. The van der Waals surface area contributed by atoms with E-state index in [0.717, 1.165) is 31.0 Å². The highest BCUT2D eigenvalue weighted by atomic mass is 32.2. The summed E-state index contributed by atoms with van der Waals surface area (Å²) >= 11 is 0. The molecule has 1 fully saturated rings. The van der Waals surface area contributed by atoms with Gasteiger partial charge in [0.1, 0.15) is 11.4 Å². The number of carbonyl (C=O) groups excluding carboxylic acids is 1. The fourth-order valence-corrected chi connectivity index (χ4v) is 4.50. The lowest BCUT2D eigenvalue weighted by Gasteiger charge is -2.33. The maximum absolute atomic E-state index is 12.8. The molecule has 0 radical (unpaired) electrons. The Morgan fingerprint density at radius 1 is 1.26 bits per heavy atom. The van der Waals surface area contributed by atoms with Crippen molar-refractivity contribution in [1.82, 2.24) is 10.3 Å². The van der Waals surface area contributed by atoms with Crippen LogP contribution in [-0.4, -0.2) is 57.8 Å². The van der Waals surface area contributed by atoms with Gasteiger partial charge < -0.3 is 15.0 Å². The number of hydrogen-bond donors (Lipinski definition) is 2. The number of piperazine rings is 1. The number of halogens is 1. The molecule has 2 heterocycles. The lowest BCUT2D eigenvalue weighted by molar-refractivity contribution is -0.138. The molecule has 3 rings (SSSR count). The molecule has 194 valence electrons. The van der Waals surface area contributed by atoms with Crippen LogP contribution in [-0.2, 0) is 19.6 Å². The van der Waals surface area contributed by atoms with Crippen LogP contribution < -0.4 is 14.9 Å². The van der Waals surface area contributed by atoms with Crippen LogP contribution >= 0.6 is 0 Å². The molecule has 10 heteroatoms. The Labute approximate surface area is 208 Å². The highest BCUT2D eigenvalue weighted by Gasteiger charge is 2.20. The van der Waals surface area contributed by atoms with Gasteiger partial charge in [0.25, 0.3) is 16.5 Å². The summed E-state index contributed by atoms with van der Waals surface area (Å²) in [6.07, 6.45) is 0. The number of hydrogen-bond acceptors (Lipinski definition) is 7. The number of rotatable bonds is 7. The van der Waals surface area contributed by atoms with Crippen molar-refractivity contribution in [1.29, 1.82) is 0 Å². The van der Waals surface area contributed by atoms with Crippen molar-refractivity contribution in [2.45, 2.75) is 64.0 Å². The first-order valence-corrected chi connectivity index (χ1v) is 13.1. The molecule has 1 aliphatic rings. The topological polar surface area (TPSA) is 101 Å². The molecule has 0 aliphatic carbocycles. The number of aromatic nitrogens is 1. The van der Waals surface area contributed by atoms with E-state index in [4.69, 9.17) is 0 Å². The summed E-state index contributed by atoms with van der Waals surface area (Å²) in [5.41, 5.74) is 1.53. The van der Waals surface area contributed by atoms with Crippen LogP contribution in [0.2, 0.25) is 0 Å². The molecule has 2 atom stereocenters. The average Bonchev–Trinajstić information content (AvgIpc) is 2.79. The number of sulfonamides is 1. The van der Waals surface area contributed by atoms with Crippen molar-refractivity contribution in [3.05, 3.63) is 47.7 Å². The number of nitrogens with one attached hydrogen (secondary N) is 2. The Morgan fingerprint density at radius 3 is 2.40 bits per heavy atom. The summed E-state index contributed by atoms with van der Waals surface area (Å²) < 4.78 is 45.3. The minimum absolute atomic E-state index is 0.140. The smallest absolute Gasteiger partial charge is 0.293 e. The fraction of sp³-hybridized carbons (Fsp3) is 0.520. The average molecular weight is 509 g/mol. The third-order valence-corrected chi connectivity index (χ3v) is 6.78. The summed E-state index contributed by atoms with van der Waals surface area (Å²) in [6.45, 7) is 13.7. The van der Waals surface area contributed by atoms with E-state index in [-0.39, 0.29) is 16.4 Å². The lowest BCUT2D eigenvalue weighted by atomic mass is 10.0. The number of pyridine rings is 1. The second kappa shape index (κ2) is 12.3. The van der Waals surface area contributed by atoms with Gasteiger partial charge in [-0.25, -0.2) is 13.4 Å². The molecule has 1 unspecified atom stereocenters. The predicted molar refractivity (Wildman–Crippen MR) is 137 cm³/mol. The van der Waals surface area contributed by atoms with Crippen LogP contribution in [0.1, 0.15) is 51.8 Å². The standard InChI is InChI=1S/C20H27FN4O2S.C5H10O2/c1-14(12-21)17-4-6-18(7-5-17)28(26,27)24-19-8-9-20(23-16(19)3)25-11-10-22-15(2)13-25;1-5(2,3)7-4-6/h4-9,14-15,22,24H,10-13H2,1-3H3;4H,1-3H3/t14-,15?;/m1./s1. The molecular formula is C25H37FN4O4S. The van der Waals surface area contributed by atoms with E-state index in [1.54, 1.807) is 32.0 Å². The summed E-state index contributed by atoms with van der Waals surface area (Å²) in [6, 6.07) is 10.3. The first-order valence-electron chi connectivity index (χ1n) is 11.6. The van der Waals surface area contributed by atoms with Crippen LogP contribution in [0.5, 0.6) is 0 Å². The van der Waals surface area contributed by atoms with E-state index >= 15 is 0 Å². The van der Waals surface area contributed by atoms with Crippen LogP contribution in [0.4, 0.5) is 15.9 Å². The van der Waals surface area contributed by atoms with Crippen molar-refractivity contribution < 1.29 is 22.3 Å². The molecule has 0 amide bonds. The van der Waals surface area contributed by atoms with Gasteiger partial charge in [-0.15, -0.1) is 0 Å². The molecule has 8 nitrogen and oxygen atoms in total. The number of aryl methyl sites for hydroxylation is 1. The van der Waals surface area contributed by atoms with Crippen molar-refractivity contribution in [2.75, 3.05) is 35.9 Å². The van der Waals surface area contributed by atoms with Crippen molar-refractivity contribution in [3.63, 3.8) is 0 Å². The van der Waals surface area contributed by atoms with Gasteiger partial charge in [-0.2, -0.15) is 0 Å². The molecule has 1 saturated heterocycles. The third-order valence-electron chi connectivity index (χ3n) is 5.40.